The van der Waals surface area contributed by atoms with Gasteiger partial charge >= 0.3 is 12.0 Å². The van der Waals surface area contributed by atoms with Gasteiger partial charge in [0.1, 0.15) is 11.5 Å². The van der Waals surface area contributed by atoms with Crippen LogP contribution in [-0.2, 0) is 24.4 Å². The molecule has 1 aromatic heterocycles. The molecule has 6 rings (SSSR count). The van der Waals surface area contributed by atoms with Gasteiger partial charge in [-0.3, -0.25) is 14.4 Å². The molecule has 0 spiro atoms. The van der Waals surface area contributed by atoms with Crippen molar-refractivity contribution in [2.45, 2.75) is 64.2 Å². The number of carboxylic acid groups (broad SMARTS) is 1. The van der Waals surface area contributed by atoms with Crippen LogP contribution in [0.15, 0.2) is 72.9 Å². The number of carboxylic acids is 1. The van der Waals surface area contributed by atoms with Crippen LogP contribution in [0.25, 0.3) is 33.2 Å². The van der Waals surface area contributed by atoms with Crippen molar-refractivity contribution >= 4 is 46.1 Å². The molecule has 1 aliphatic rings. The fourth-order valence-corrected chi connectivity index (χ4v) is 8.08. The number of fused-ring (bicyclic) bond motifs is 1. The molecule has 0 unspecified atom stereocenters. The number of urea groups is 1. The van der Waals surface area contributed by atoms with Crippen LogP contribution >= 0.6 is 23.2 Å². The van der Waals surface area contributed by atoms with Gasteiger partial charge in [-0.2, -0.15) is 5.10 Å². The Kier molecular flexibility index (Phi) is 12.1. The van der Waals surface area contributed by atoms with E-state index in [1.165, 1.54) is 0 Å². The van der Waals surface area contributed by atoms with Gasteiger partial charge in [0, 0.05) is 58.2 Å². The van der Waals surface area contributed by atoms with E-state index in [1.807, 2.05) is 77.6 Å². The summed E-state index contributed by atoms with van der Waals surface area (Å²) in [5.74, 6) is 1.17. The number of nitrogens with zero attached hydrogens (tertiary/aromatic N) is 3. The molecule has 0 saturated heterocycles. The summed E-state index contributed by atoms with van der Waals surface area (Å²) in [4.78, 5) is 24.6. The molecule has 1 heterocycles. The van der Waals surface area contributed by atoms with Crippen LogP contribution in [0.4, 0.5) is 4.79 Å². The van der Waals surface area contributed by atoms with E-state index in [1.54, 1.807) is 14.2 Å². The molecular formula is C41H45Cl2N5O5. The first-order valence-electron chi connectivity index (χ1n) is 17.8. The fourth-order valence-electron chi connectivity index (χ4n) is 7.50. The summed E-state index contributed by atoms with van der Waals surface area (Å²) in [7, 11) is 5.41. The van der Waals surface area contributed by atoms with E-state index < -0.39 is 12.0 Å². The first-order valence-corrected chi connectivity index (χ1v) is 18.5. The highest BCUT2D eigenvalue weighted by Gasteiger charge is 2.25. The van der Waals surface area contributed by atoms with Gasteiger partial charge in [-0.1, -0.05) is 65.7 Å². The Morgan fingerprint density at radius 3 is 2.34 bits per heavy atom. The molecule has 2 amide bonds. The summed E-state index contributed by atoms with van der Waals surface area (Å²) in [6.07, 6.45) is 7.09. The Labute approximate surface area is 319 Å². The van der Waals surface area contributed by atoms with Crippen LogP contribution in [-0.4, -0.2) is 59.1 Å². The molecule has 4 N–H and O–H groups in total. The second kappa shape index (κ2) is 16.9. The lowest BCUT2D eigenvalue weighted by Crippen LogP contribution is -2.35. The molecule has 1 aliphatic carbocycles. The minimum Gasteiger partial charge on any atom is -0.496 e. The minimum atomic E-state index is -0.714. The monoisotopic (exact) mass is 757 g/mol. The van der Waals surface area contributed by atoms with Crippen molar-refractivity contribution in [3.05, 3.63) is 99.7 Å². The average molecular weight is 759 g/mol. The third kappa shape index (κ3) is 8.73. The number of ether oxygens (including phenoxy) is 2. The zero-order valence-electron chi connectivity index (χ0n) is 30.2. The molecule has 53 heavy (non-hydrogen) atoms. The Morgan fingerprint density at radius 2 is 1.62 bits per heavy atom. The molecule has 0 bridgehead atoms. The van der Waals surface area contributed by atoms with Crippen LogP contribution in [0.2, 0.25) is 10.0 Å². The van der Waals surface area contributed by atoms with Crippen molar-refractivity contribution in [2.24, 2.45) is 11.7 Å². The number of hydrogen-bond acceptors (Lipinski definition) is 6. The summed E-state index contributed by atoms with van der Waals surface area (Å²) in [6, 6.07) is 21.6. The number of methoxy groups -OCH3 is 2. The second-order valence-corrected chi connectivity index (χ2v) is 14.5. The van der Waals surface area contributed by atoms with E-state index >= 15 is 0 Å². The molecule has 5 aromatic rings. The van der Waals surface area contributed by atoms with Crippen molar-refractivity contribution < 1.29 is 24.2 Å². The van der Waals surface area contributed by atoms with E-state index in [2.05, 4.69) is 17.3 Å². The maximum absolute atomic E-state index is 11.3. The van der Waals surface area contributed by atoms with Crippen molar-refractivity contribution in [3.63, 3.8) is 0 Å². The first-order chi connectivity index (χ1) is 25.6. The van der Waals surface area contributed by atoms with Crippen LogP contribution < -0.4 is 20.5 Å². The van der Waals surface area contributed by atoms with E-state index in [4.69, 9.17) is 48.6 Å². The zero-order valence-corrected chi connectivity index (χ0v) is 31.7. The second-order valence-electron chi connectivity index (χ2n) is 13.7. The van der Waals surface area contributed by atoms with Gasteiger partial charge in [-0.15, -0.1) is 0 Å². The largest absolute Gasteiger partial charge is 0.496 e. The number of aliphatic carboxylic acids is 1. The van der Waals surface area contributed by atoms with Crippen LogP contribution in [0.3, 0.4) is 0 Å². The van der Waals surface area contributed by atoms with Crippen molar-refractivity contribution in [1.29, 1.82) is 0 Å². The summed E-state index contributed by atoms with van der Waals surface area (Å²) in [6.45, 7) is 1.40. The number of amides is 2. The third-order valence-electron chi connectivity index (χ3n) is 10.4. The molecular weight excluding hydrogens is 713 g/mol. The van der Waals surface area contributed by atoms with Crippen LogP contribution in [0, 0.1) is 5.92 Å². The van der Waals surface area contributed by atoms with Gasteiger partial charge in [-0.25, -0.2) is 4.79 Å². The molecule has 0 radical (unpaired) electrons. The number of primary amides is 1. The molecule has 278 valence electrons. The summed E-state index contributed by atoms with van der Waals surface area (Å²) in [5.41, 5.74) is 12.5. The Balaban J connectivity index is 1.21. The maximum atomic E-state index is 11.3. The van der Waals surface area contributed by atoms with E-state index in [9.17, 15) is 9.59 Å². The highest BCUT2D eigenvalue weighted by atomic mass is 35.5. The first kappa shape index (κ1) is 38.0. The number of halogens is 2. The molecule has 0 atom stereocenters. The fraction of sp³-hybridized carbons (Fsp3) is 0.341. The van der Waals surface area contributed by atoms with Crippen molar-refractivity contribution in [1.82, 2.24) is 20.0 Å². The Bertz CT molecular complexity index is 2110. The minimum absolute atomic E-state index is 0.249. The molecule has 1 saturated carbocycles. The number of nitrogens with one attached hydrogen (secondary N) is 1. The van der Waals surface area contributed by atoms with Gasteiger partial charge in [0.05, 0.1) is 37.5 Å². The maximum Gasteiger partial charge on any atom is 0.312 e. The van der Waals surface area contributed by atoms with Gasteiger partial charge in [0.2, 0.25) is 0 Å². The SMILES string of the molecule is COc1cc(-c2cccc(-c3cccc4c3cnn4Cc3cc(OC)c(CN(C)C4CCC(CCC(=O)O)CC4)cc3Cl)c2Cl)ccc1CNC(N)=O. The van der Waals surface area contributed by atoms with E-state index in [-0.39, 0.29) is 13.0 Å². The number of benzene rings is 4. The normalized spacial score (nSPS) is 15.8. The van der Waals surface area contributed by atoms with Crippen LogP contribution in [0.5, 0.6) is 11.5 Å². The van der Waals surface area contributed by atoms with E-state index in [0.29, 0.717) is 40.8 Å². The van der Waals surface area contributed by atoms with Gasteiger partial charge in [0.25, 0.3) is 0 Å². The molecule has 12 heteroatoms. The molecule has 10 nitrogen and oxygen atoms in total. The molecule has 1 fully saturated rings. The highest BCUT2D eigenvalue weighted by Crippen LogP contribution is 2.41. The lowest BCUT2D eigenvalue weighted by molar-refractivity contribution is -0.137. The number of carbonyl (C=O) groups is 2. The quantitative estimate of drug-likeness (QED) is 0.103. The smallest absolute Gasteiger partial charge is 0.312 e. The van der Waals surface area contributed by atoms with Crippen molar-refractivity contribution in [3.8, 4) is 33.8 Å². The number of aromatic nitrogens is 2. The highest BCUT2D eigenvalue weighted by molar-refractivity contribution is 6.36. The summed E-state index contributed by atoms with van der Waals surface area (Å²) < 4.78 is 13.4. The third-order valence-corrected chi connectivity index (χ3v) is 11.2. The number of hydrogen-bond donors (Lipinski definition) is 3. The number of carbonyl (C=O) groups excluding carboxylic acids is 1. The summed E-state index contributed by atoms with van der Waals surface area (Å²) in [5, 5.41) is 18.6. The number of nitrogens with two attached hydrogens (primary N) is 1. The van der Waals surface area contributed by atoms with Gasteiger partial charge in [-0.05, 0) is 86.0 Å². The van der Waals surface area contributed by atoms with E-state index in [0.717, 1.165) is 87.7 Å². The molecule has 4 aromatic carbocycles. The average Bonchev–Trinajstić information content (AvgIpc) is 3.57. The molecule has 0 aliphatic heterocycles. The van der Waals surface area contributed by atoms with Gasteiger partial charge < -0.3 is 25.6 Å². The van der Waals surface area contributed by atoms with Crippen molar-refractivity contribution in [2.75, 3.05) is 21.3 Å². The predicted molar refractivity (Wildman–Crippen MR) is 210 cm³/mol. The Morgan fingerprint density at radius 1 is 0.925 bits per heavy atom. The van der Waals surface area contributed by atoms with Crippen LogP contribution in [0.1, 0.15) is 55.2 Å². The van der Waals surface area contributed by atoms with Gasteiger partial charge in [0.15, 0.2) is 0 Å². The lowest BCUT2D eigenvalue weighted by atomic mass is 9.83. The standard InChI is InChI=1S/C41H45Cl2N5O5/c1-47(30-15-10-25(11-16-30)12-17-39(49)50)23-29-18-35(42)28(20-38(29)53-3)24-48-36-9-5-7-32(34(36)22-46-48)33-8-4-6-31(40(33)43)26-13-14-27(21-45-41(44)51)37(19-26)52-2/h4-9,13-14,18-20,22,25,30H,10-12,15-17,21,23-24H2,1-3H3,(H,49,50)(H3,44,45,51). The number of rotatable bonds is 14. The summed E-state index contributed by atoms with van der Waals surface area (Å²) >= 11 is 14.1. The zero-order chi connectivity index (χ0) is 37.6. The Hall–Kier alpha value is -4.77. The predicted octanol–water partition coefficient (Wildman–Crippen LogP) is 8.77. The topological polar surface area (TPSA) is 132 Å². The lowest BCUT2D eigenvalue weighted by Gasteiger charge is -2.35.